The lowest BCUT2D eigenvalue weighted by molar-refractivity contribution is 0.0278. The van der Waals surface area contributed by atoms with Gasteiger partial charge in [-0.15, -0.1) is 0 Å². The molecule has 0 amide bonds. The van der Waals surface area contributed by atoms with E-state index in [4.69, 9.17) is 0 Å². The lowest BCUT2D eigenvalue weighted by Crippen LogP contribution is -2.38. The van der Waals surface area contributed by atoms with Crippen LogP contribution < -0.4 is 0 Å². The first kappa shape index (κ1) is 9.24. The van der Waals surface area contributed by atoms with Crippen molar-refractivity contribution in [1.29, 1.82) is 0 Å². The smallest absolute Gasteiger partial charge is 0.0355 e. The van der Waals surface area contributed by atoms with Gasteiger partial charge in [-0.3, -0.25) is 0 Å². The monoisotopic (exact) mass is 192 g/mol. The molecule has 0 unspecified atom stereocenters. The fourth-order valence-corrected chi connectivity index (χ4v) is 4.74. The first-order chi connectivity index (χ1) is 6.95. The van der Waals surface area contributed by atoms with Gasteiger partial charge in [0.1, 0.15) is 0 Å². The molecule has 80 valence electrons. The molecule has 3 aliphatic rings. The highest BCUT2D eigenvalue weighted by Gasteiger charge is 2.40. The van der Waals surface area contributed by atoms with Gasteiger partial charge in [0.25, 0.3) is 0 Å². The molecule has 0 aromatic rings. The maximum absolute atomic E-state index is 1.59. The Hall–Kier alpha value is 0. The van der Waals surface area contributed by atoms with Crippen LogP contribution in [0.25, 0.3) is 0 Å². The number of hydrogen-bond donors (Lipinski definition) is 0. The van der Waals surface area contributed by atoms with Crippen molar-refractivity contribution in [3.63, 3.8) is 0 Å². The van der Waals surface area contributed by atoms with Crippen LogP contribution in [-0.2, 0) is 0 Å². The number of hydrogen-bond acceptors (Lipinski definition) is 0. The molecule has 3 aliphatic carbocycles. The first-order valence-electron chi connectivity index (χ1n) is 6.95. The first-order valence-corrected chi connectivity index (χ1v) is 6.95. The second-order valence-corrected chi connectivity index (χ2v) is 5.99. The summed E-state index contributed by atoms with van der Waals surface area (Å²) >= 11 is 0. The van der Waals surface area contributed by atoms with Gasteiger partial charge in [-0.1, -0.05) is 38.5 Å². The van der Waals surface area contributed by atoms with Crippen molar-refractivity contribution in [2.24, 2.45) is 23.7 Å². The van der Waals surface area contributed by atoms with Gasteiger partial charge in [0.2, 0.25) is 0 Å². The zero-order valence-electron chi connectivity index (χ0n) is 9.38. The molecule has 14 heavy (non-hydrogen) atoms. The molecule has 3 rings (SSSR count). The summed E-state index contributed by atoms with van der Waals surface area (Å²) in [5.74, 6) is 4.65. The normalized spacial score (nSPS) is 48.0. The molecule has 0 radical (unpaired) electrons. The molecule has 0 bridgehead atoms. The standard InChI is InChI=1S/C14H24/c1-3-7-13-11(5-1)9-10-12-6-2-4-8-14(12)13/h11-14H,1-10H2/t11-,12-,13-,14+/m1/s1. The van der Waals surface area contributed by atoms with Crippen molar-refractivity contribution in [3.05, 3.63) is 0 Å². The predicted octanol–water partition coefficient (Wildman–Crippen LogP) is 4.39. The van der Waals surface area contributed by atoms with E-state index in [0.717, 1.165) is 11.8 Å². The van der Waals surface area contributed by atoms with Crippen LogP contribution in [0, 0.1) is 23.7 Å². The molecule has 0 saturated heterocycles. The SMILES string of the molecule is C1CC[C@@H]2[C@H](C1)CC[C@H]1CCCC[C@@H]12. The van der Waals surface area contributed by atoms with E-state index in [9.17, 15) is 0 Å². The number of rotatable bonds is 0. The minimum atomic E-state index is 1.16. The van der Waals surface area contributed by atoms with Crippen molar-refractivity contribution in [3.8, 4) is 0 Å². The Morgan fingerprint density at radius 2 is 0.857 bits per heavy atom. The van der Waals surface area contributed by atoms with Gasteiger partial charge in [-0.2, -0.15) is 0 Å². The molecular weight excluding hydrogens is 168 g/mol. The van der Waals surface area contributed by atoms with Crippen LogP contribution in [0.3, 0.4) is 0 Å². The Morgan fingerprint density at radius 3 is 1.36 bits per heavy atom. The van der Waals surface area contributed by atoms with Gasteiger partial charge in [-0.25, -0.2) is 0 Å². The van der Waals surface area contributed by atoms with E-state index in [1.54, 1.807) is 64.2 Å². The van der Waals surface area contributed by atoms with E-state index in [1.165, 1.54) is 11.8 Å². The maximum atomic E-state index is 1.59. The lowest BCUT2D eigenvalue weighted by atomic mass is 9.58. The largest absolute Gasteiger partial charge is 0.0530 e. The molecule has 4 atom stereocenters. The Morgan fingerprint density at radius 1 is 0.429 bits per heavy atom. The molecule has 0 aromatic heterocycles. The van der Waals surface area contributed by atoms with Gasteiger partial charge in [0.05, 0.1) is 0 Å². The van der Waals surface area contributed by atoms with E-state index in [2.05, 4.69) is 0 Å². The Balaban J connectivity index is 1.74. The van der Waals surface area contributed by atoms with Crippen LogP contribution in [0.15, 0.2) is 0 Å². The highest BCUT2D eigenvalue weighted by molar-refractivity contribution is 4.91. The maximum Gasteiger partial charge on any atom is -0.0355 e. The van der Waals surface area contributed by atoms with Crippen molar-refractivity contribution in [1.82, 2.24) is 0 Å². The average molecular weight is 192 g/mol. The highest BCUT2D eigenvalue weighted by atomic mass is 14.5. The van der Waals surface area contributed by atoms with Crippen molar-refractivity contribution in [2.45, 2.75) is 64.2 Å². The molecule has 0 aromatic carbocycles. The zero-order valence-corrected chi connectivity index (χ0v) is 9.38. The molecule has 0 heteroatoms. The van der Waals surface area contributed by atoms with Gasteiger partial charge < -0.3 is 0 Å². The third kappa shape index (κ3) is 1.51. The zero-order chi connectivity index (χ0) is 9.38. The van der Waals surface area contributed by atoms with E-state index >= 15 is 0 Å². The quantitative estimate of drug-likeness (QED) is 0.534. The molecule has 0 aliphatic heterocycles. The van der Waals surface area contributed by atoms with Gasteiger partial charge in [-0.05, 0) is 49.4 Å². The summed E-state index contributed by atoms with van der Waals surface area (Å²) in [5.41, 5.74) is 0. The molecule has 0 heterocycles. The Labute approximate surface area is 88.5 Å². The van der Waals surface area contributed by atoms with Gasteiger partial charge in [0, 0.05) is 0 Å². The summed E-state index contributed by atoms with van der Waals surface area (Å²) < 4.78 is 0. The summed E-state index contributed by atoms with van der Waals surface area (Å²) in [5, 5.41) is 0. The molecule has 0 spiro atoms. The minimum absolute atomic E-state index is 1.16. The van der Waals surface area contributed by atoms with Crippen LogP contribution in [0.2, 0.25) is 0 Å². The topological polar surface area (TPSA) is 0 Å². The highest BCUT2D eigenvalue weighted by Crippen LogP contribution is 2.51. The molecular formula is C14H24. The minimum Gasteiger partial charge on any atom is -0.0530 e. The number of fused-ring (bicyclic) bond motifs is 3. The second kappa shape index (κ2) is 3.87. The fraction of sp³-hybridized carbons (Fsp3) is 1.00. The summed E-state index contributed by atoms with van der Waals surface area (Å²) in [7, 11) is 0. The third-order valence-corrected chi connectivity index (χ3v) is 5.39. The van der Waals surface area contributed by atoms with E-state index < -0.39 is 0 Å². The predicted molar refractivity (Wildman–Crippen MR) is 60.1 cm³/mol. The second-order valence-electron chi connectivity index (χ2n) is 5.99. The van der Waals surface area contributed by atoms with Crippen LogP contribution in [-0.4, -0.2) is 0 Å². The molecule has 0 nitrogen and oxygen atoms in total. The molecule has 0 N–H and O–H groups in total. The lowest BCUT2D eigenvalue weighted by Gasteiger charge is -2.48. The van der Waals surface area contributed by atoms with E-state index in [1.807, 2.05) is 0 Å². The van der Waals surface area contributed by atoms with Crippen LogP contribution in [0.5, 0.6) is 0 Å². The van der Waals surface area contributed by atoms with Crippen LogP contribution in [0.1, 0.15) is 64.2 Å². The van der Waals surface area contributed by atoms with E-state index in [0.29, 0.717) is 0 Å². The summed E-state index contributed by atoms with van der Waals surface area (Å²) in [6, 6.07) is 0. The van der Waals surface area contributed by atoms with Gasteiger partial charge in [0.15, 0.2) is 0 Å². The molecule has 3 saturated carbocycles. The Bertz CT molecular complexity index is 174. The molecule has 3 fully saturated rings. The summed E-state index contributed by atoms with van der Waals surface area (Å²) in [4.78, 5) is 0. The third-order valence-electron chi connectivity index (χ3n) is 5.39. The van der Waals surface area contributed by atoms with Crippen molar-refractivity contribution >= 4 is 0 Å². The van der Waals surface area contributed by atoms with E-state index in [-0.39, 0.29) is 0 Å². The van der Waals surface area contributed by atoms with Gasteiger partial charge >= 0.3 is 0 Å². The van der Waals surface area contributed by atoms with Crippen LogP contribution >= 0.6 is 0 Å². The summed E-state index contributed by atoms with van der Waals surface area (Å²) in [6.07, 6.45) is 15.7. The fourth-order valence-electron chi connectivity index (χ4n) is 4.74. The summed E-state index contributed by atoms with van der Waals surface area (Å²) in [6.45, 7) is 0. The van der Waals surface area contributed by atoms with Crippen LogP contribution in [0.4, 0.5) is 0 Å². The Kier molecular flexibility index (Phi) is 2.55. The van der Waals surface area contributed by atoms with Crippen molar-refractivity contribution < 1.29 is 0 Å². The average Bonchev–Trinajstić information content (AvgIpc) is 2.29. The van der Waals surface area contributed by atoms with Crippen molar-refractivity contribution in [2.75, 3.05) is 0 Å².